The first-order valence-corrected chi connectivity index (χ1v) is 7.97. The van der Waals surface area contributed by atoms with Crippen LogP contribution in [0.1, 0.15) is 16.1 Å². The molecule has 2 N–H and O–H groups in total. The van der Waals surface area contributed by atoms with E-state index in [4.69, 9.17) is 27.6 Å². The van der Waals surface area contributed by atoms with E-state index >= 15 is 0 Å². The number of nitrogens with one attached hydrogen (secondary N) is 1. The van der Waals surface area contributed by atoms with Crippen molar-refractivity contribution in [2.24, 2.45) is 5.10 Å². The molecule has 0 saturated heterocycles. The number of nitrogens with zero attached hydrogens (tertiary/aromatic N) is 1. The van der Waals surface area contributed by atoms with Crippen LogP contribution in [0.3, 0.4) is 0 Å². The van der Waals surface area contributed by atoms with Gasteiger partial charge in [-0.2, -0.15) is 5.10 Å². The fourth-order valence-electron chi connectivity index (χ4n) is 2.11. The Labute approximate surface area is 153 Å². The molecule has 0 aliphatic rings. The molecule has 3 rings (SSSR count). The van der Waals surface area contributed by atoms with Gasteiger partial charge in [-0.1, -0.05) is 35.3 Å². The zero-order valence-electron chi connectivity index (χ0n) is 12.7. The zero-order chi connectivity index (χ0) is 17.8. The quantitative estimate of drug-likeness (QED) is 0.512. The van der Waals surface area contributed by atoms with Crippen molar-refractivity contribution < 1.29 is 14.3 Å². The lowest BCUT2D eigenvalue weighted by Gasteiger charge is -2.01. The second-order valence-corrected chi connectivity index (χ2v) is 5.86. The van der Waals surface area contributed by atoms with Crippen LogP contribution in [-0.2, 0) is 0 Å². The molecule has 1 heterocycles. The van der Waals surface area contributed by atoms with Crippen LogP contribution in [0.4, 0.5) is 0 Å². The molecule has 0 unspecified atom stereocenters. The average Bonchev–Trinajstić information content (AvgIpc) is 3.06. The number of amides is 1. The minimum Gasteiger partial charge on any atom is -0.507 e. The third kappa shape index (κ3) is 4.02. The highest BCUT2D eigenvalue weighted by atomic mass is 35.5. The average molecular weight is 375 g/mol. The highest BCUT2D eigenvalue weighted by Gasteiger charge is 2.09. The van der Waals surface area contributed by atoms with Gasteiger partial charge in [-0.25, -0.2) is 5.43 Å². The van der Waals surface area contributed by atoms with Crippen LogP contribution in [0.25, 0.3) is 11.3 Å². The summed E-state index contributed by atoms with van der Waals surface area (Å²) >= 11 is 11.9. The molecule has 25 heavy (non-hydrogen) atoms. The van der Waals surface area contributed by atoms with Crippen molar-refractivity contribution in [1.29, 1.82) is 0 Å². The summed E-state index contributed by atoms with van der Waals surface area (Å²) in [5, 5.41) is 14.3. The molecule has 0 aliphatic carbocycles. The number of aromatic hydroxyl groups is 1. The predicted molar refractivity (Wildman–Crippen MR) is 97.3 cm³/mol. The van der Waals surface area contributed by atoms with Gasteiger partial charge in [0.1, 0.15) is 17.3 Å². The Hall–Kier alpha value is -2.76. The highest BCUT2D eigenvalue weighted by molar-refractivity contribution is 6.42. The molecule has 2 aromatic carbocycles. The Balaban J connectivity index is 1.69. The number of phenolic OH excluding ortho intramolecular Hbond substituents is 1. The number of rotatable bonds is 4. The van der Waals surface area contributed by atoms with E-state index in [0.29, 0.717) is 21.6 Å². The van der Waals surface area contributed by atoms with Gasteiger partial charge in [-0.3, -0.25) is 4.79 Å². The maximum atomic E-state index is 11.9. The maximum absolute atomic E-state index is 11.9. The molecular weight excluding hydrogens is 363 g/mol. The molecule has 3 aromatic rings. The van der Waals surface area contributed by atoms with Gasteiger partial charge in [0, 0.05) is 5.56 Å². The molecule has 5 nitrogen and oxygen atoms in total. The van der Waals surface area contributed by atoms with E-state index in [0.717, 1.165) is 5.56 Å². The molecule has 0 bridgehead atoms. The molecule has 0 spiro atoms. The number of carbonyl (C=O) groups is 1. The molecule has 1 aromatic heterocycles. The first-order valence-electron chi connectivity index (χ1n) is 7.21. The molecule has 0 atom stereocenters. The molecule has 7 heteroatoms. The summed E-state index contributed by atoms with van der Waals surface area (Å²) in [6, 6.07) is 14.8. The van der Waals surface area contributed by atoms with Crippen molar-refractivity contribution in [3.63, 3.8) is 0 Å². The van der Waals surface area contributed by atoms with Crippen molar-refractivity contribution in [3.8, 4) is 17.1 Å². The molecule has 0 saturated carbocycles. The molecule has 0 radical (unpaired) electrons. The third-order valence-electron chi connectivity index (χ3n) is 3.34. The van der Waals surface area contributed by atoms with Crippen molar-refractivity contribution in [1.82, 2.24) is 5.43 Å². The molecule has 126 valence electrons. The van der Waals surface area contributed by atoms with E-state index in [1.807, 2.05) is 0 Å². The van der Waals surface area contributed by atoms with E-state index in [2.05, 4.69) is 10.5 Å². The maximum Gasteiger partial charge on any atom is 0.275 e. The van der Waals surface area contributed by atoms with Crippen LogP contribution in [0.2, 0.25) is 10.0 Å². The molecule has 0 aliphatic heterocycles. The standard InChI is InChI=1S/C18H12Cl2N2O3/c19-14-7-5-11(9-15(14)20)17-8-6-12(25-17)10-21-22-18(24)13-3-1-2-4-16(13)23/h1-10,23H,(H,22,24)/b21-10+. The SMILES string of the molecule is O=C(N/N=C/c1ccc(-c2ccc(Cl)c(Cl)c2)o1)c1ccccc1O. The lowest BCUT2D eigenvalue weighted by molar-refractivity contribution is 0.0952. The number of phenols is 1. The van der Waals surface area contributed by atoms with Crippen LogP contribution in [0.5, 0.6) is 5.75 Å². The minimum atomic E-state index is -0.523. The minimum absolute atomic E-state index is 0.116. The van der Waals surface area contributed by atoms with Gasteiger partial charge in [-0.05, 0) is 42.5 Å². The normalized spacial score (nSPS) is 11.0. The van der Waals surface area contributed by atoms with Crippen molar-refractivity contribution in [2.75, 3.05) is 0 Å². The Morgan fingerprint density at radius 1 is 1.08 bits per heavy atom. The van der Waals surface area contributed by atoms with Gasteiger partial charge in [-0.15, -0.1) is 0 Å². The van der Waals surface area contributed by atoms with Crippen LogP contribution >= 0.6 is 23.2 Å². The van der Waals surface area contributed by atoms with Gasteiger partial charge in [0.15, 0.2) is 0 Å². The summed E-state index contributed by atoms with van der Waals surface area (Å²) < 4.78 is 5.62. The Kier molecular flexibility index (Phi) is 5.07. The van der Waals surface area contributed by atoms with Gasteiger partial charge in [0.25, 0.3) is 5.91 Å². The Bertz CT molecular complexity index is 951. The number of halogens is 2. The first kappa shape index (κ1) is 17.1. The highest BCUT2D eigenvalue weighted by Crippen LogP contribution is 2.29. The van der Waals surface area contributed by atoms with Gasteiger partial charge < -0.3 is 9.52 Å². The number of benzene rings is 2. The lowest BCUT2D eigenvalue weighted by atomic mass is 10.2. The number of hydrogen-bond donors (Lipinski definition) is 2. The predicted octanol–water partition coefficient (Wildman–Crippen LogP) is 4.72. The van der Waals surface area contributed by atoms with E-state index in [1.165, 1.54) is 18.3 Å². The summed E-state index contributed by atoms with van der Waals surface area (Å²) in [7, 11) is 0. The summed E-state index contributed by atoms with van der Waals surface area (Å²) in [5.41, 5.74) is 3.23. The van der Waals surface area contributed by atoms with Crippen LogP contribution in [-0.4, -0.2) is 17.2 Å². The van der Waals surface area contributed by atoms with Crippen molar-refractivity contribution in [2.45, 2.75) is 0 Å². The van der Waals surface area contributed by atoms with Crippen molar-refractivity contribution >= 4 is 35.3 Å². The molecular formula is C18H12Cl2N2O3. The van der Waals surface area contributed by atoms with E-state index in [9.17, 15) is 9.90 Å². The smallest absolute Gasteiger partial charge is 0.275 e. The molecule has 0 fully saturated rings. The third-order valence-corrected chi connectivity index (χ3v) is 4.08. The van der Waals surface area contributed by atoms with Gasteiger partial charge in [0.05, 0.1) is 21.8 Å². The topological polar surface area (TPSA) is 74.8 Å². The second kappa shape index (κ2) is 7.42. The number of para-hydroxylation sites is 1. The van der Waals surface area contributed by atoms with E-state index < -0.39 is 5.91 Å². The number of furan rings is 1. The van der Waals surface area contributed by atoms with Crippen LogP contribution in [0, 0.1) is 0 Å². The summed E-state index contributed by atoms with van der Waals surface area (Å²) in [4.78, 5) is 11.9. The Morgan fingerprint density at radius 3 is 2.64 bits per heavy atom. The summed E-state index contributed by atoms with van der Waals surface area (Å²) in [6.45, 7) is 0. The number of carbonyl (C=O) groups excluding carboxylic acids is 1. The first-order chi connectivity index (χ1) is 12.0. The molecule has 1 amide bonds. The number of hydrazone groups is 1. The summed E-state index contributed by atoms with van der Waals surface area (Å²) in [6.07, 6.45) is 1.36. The van der Waals surface area contributed by atoms with E-state index in [-0.39, 0.29) is 11.3 Å². The fourth-order valence-corrected chi connectivity index (χ4v) is 2.41. The Morgan fingerprint density at radius 2 is 1.88 bits per heavy atom. The summed E-state index contributed by atoms with van der Waals surface area (Å²) in [5.74, 6) is 0.395. The monoisotopic (exact) mass is 374 g/mol. The van der Waals surface area contributed by atoms with Crippen LogP contribution < -0.4 is 5.43 Å². The lowest BCUT2D eigenvalue weighted by Crippen LogP contribution is -2.17. The van der Waals surface area contributed by atoms with Crippen LogP contribution in [0.15, 0.2) is 64.1 Å². The fraction of sp³-hybridized carbons (Fsp3) is 0. The van der Waals surface area contributed by atoms with E-state index in [1.54, 1.807) is 42.5 Å². The number of hydrogen-bond acceptors (Lipinski definition) is 4. The second-order valence-electron chi connectivity index (χ2n) is 5.05. The van der Waals surface area contributed by atoms with Gasteiger partial charge >= 0.3 is 0 Å². The van der Waals surface area contributed by atoms with Crippen molar-refractivity contribution in [3.05, 3.63) is 76.0 Å². The van der Waals surface area contributed by atoms with Gasteiger partial charge in [0.2, 0.25) is 0 Å². The largest absolute Gasteiger partial charge is 0.507 e. The zero-order valence-corrected chi connectivity index (χ0v) is 14.3.